The lowest BCUT2D eigenvalue weighted by molar-refractivity contribution is -0.122. The summed E-state index contributed by atoms with van der Waals surface area (Å²) in [6.45, 7) is 4.11. The molecular weight excluding hydrogens is 316 g/mol. The van der Waals surface area contributed by atoms with E-state index < -0.39 is 6.10 Å². The molecule has 3 atom stereocenters. The molecule has 1 heterocycles. The number of nitrogens with zero attached hydrogens (tertiary/aromatic N) is 1. The zero-order valence-electron chi connectivity index (χ0n) is 14.6. The molecule has 3 rings (SSSR count). The topological polar surface area (TPSA) is 71.5 Å². The number of aromatic nitrogens is 1. The van der Waals surface area contributed by atoms with Crippen LogP contribution in [0.25, 0.3) is 0 Å². The van der Waals surface area contributed by atoms with Gasteiger partial charge in [0.15, 0.2) is 0 Å². The highest BCUT2D eigenvalue weighted by Crippen LogP contribution is 2.47. The van der Waals surface area contributed by atoms with Gasteiger partial charge in [-0.1, -0.05) is 18.2 Å². The molecule has 1 amide bonds. The number of pyridine rings is 1. The van der Waals surface area contributed by atoms with Gasteiger partial charge in [-0.3, -0.25) is 9.78 Å². The lowest BCUT2D eigenvalue weighted by atomic mass is 10.1. The first-order valence-corrected chi connectivity index (χ1v) is 8.67. The lowest BCUT2D eigenvalue weighted by Crippen LogP contribution is -2.30. The average molecular weight is 340 g/mol. The molecule has 0 unspecified atom stereocenters. The number of hydrogen-bond acceptors (Lipinski definition) is 4. The van der Waals surface area contributed by atoms with Crippen LogP contribution in [-0.4, -0.2) is 28.6 Å². The predicted molar refractivity (Wildman–Crippen MR) is 95.3 cm³/mol. The van der Waals surface area contributed by atoms with E-state index in [1.165, 1.54) is 0 Å². The third kappa shape index (κ3) is 4.57. The molecule has 0 bridgehead atoms. The van der Waals surface area contributed by atoms with Crippen LogP contribution in [0, 0.1) is 5.92 Å². The molecule has 0 radical (unpaired) electrons. The molecule has 0 aliphatic heterocycles. The van der Waals surface area contributed by atoms with Crippen molar-refractivity contribution < 1.29 is 14.6 Å². The largest absolute Gasteiger partial charge is 0.491 e. The molecule has 1 aromatic heterocycles. The zero-order valence-corrected chi connectivity index (χ0v) is 14.6. The van der Waals surface area contributed by atoms with Crippen molar-refractivity contribution in [3.63, 3.8) is 0 Å². The van der Waals surface area contributed by atoms with E-state index in [1.54, 1.807) is 6.20 Å². The Morgan fingerprint density at radius 3 is 2.92 bits per heavy atom. The van der Waals surface area contributed by atoms with Crippen LogP contribution in [0.15, 0.2) is 48.8 Å². The van der Waals surface area contributed by atoms with Crippen LogP contribution in [0.2, 0.25) is 0 Å². The van der Waals surface area contributed by atoms with Crippen molar-refractivity contribution in [3.05, 3.63) is 59.9 Å². The standard InChI is InChI=1S/C20H24N2O3/c1-13(2)25-16-7-3-5-14(9-16)19(23)12-22-20(24)18-10-17(18)15-6-4-8-21-11-15/h3-9,11,13,17-19,23H,10,12H2,1-2H3,(H,22,24)/t17-,18+,19-/m1/s1. The SMILES string of the molecule is CC(C)Oc1cccc([C@H](O)CNC(=O)[C@H]2C[C@@H]2c2cccnc2)c1. The number of ether oxygens (including phenoxy) is 1. The fraction of sp³-hybridized carbons (Fsp3) is 0.400. The van der Waals surface area contributed by atoms with Crippen LogP contribution in [0.1, 0.15) is 43.4 Å². The Balaban J connectivity index is 1.51. The summed E-state index contributed by atoms with van der Waals surface area (Å²) in [5.41, 5.74) is 1.83. The Morgan fingerprint density at radius 2 is 2.20 bits per heavy atom. The average Bonchev–Trinajstić information content (AvgIpc) is 3.40. The molecule has 1 fully saturated rings. The van der Waals surface area contributed by atoms with E-state index in [-0.39, 0.29) is 30.4 Å². The number of carbonyl (C=O) groups excluding carboxylic acids is 1. The molecule has 25 heavy (non-hydrogen) atoms. The number of amides is 1. The van der Waals surface area contributed by atoms with Gasteiger partial charge in [0.1, 0.15) is 5.75 Å². The van der Waals surface area contributed by atoms with Crippen LogP contribution in [0.3, 0.4) is 0 Å². The number of nitrogens with one attached hydrogen (secondary N) is 1. The summed E-state index contributed by atoms with van der Waals surface area (Å²) >= 11 is 0. The Kier molecular flexibility index (Phi) is 5.34. The highest BCUT2D eigenvalue weighted by atomic mass is 16.5. The Morgan fingerprint density at radius 1 is 1.36 bits per heavy atom. The second-order valence-electron chi connectivity index (χ2n) is 6.74. The predicted octanol–water partition coefficient (Wildman–Crippen LogP) is 2.82. The molecule has 0 saturated heterocycles. The smallest absolute Gasteiger partial charge is 0.223 e. The van der Waals surface area contributed by atoms with Crippen molar-refractivity contribution in [3.8, 4) is 5.75 Å². The number of hydrogen-bond donors (Lipinski definition) is 2. The van der Waals surface area contributed by atoms with Gasteiger partial charge in [-0.25, -0.2) is 0 Å². The third-order valence-corrected chi connectivity index (χ3v) is 4.32. The van der Waals surface area contributed by atoms with Crippen molar-refractivity contribution in [1.82, 2.24) is 10.3 Å². The summed E-state index contributed by atoms with van der Waals surface area (Å²) in [5, 5.41) is 13.2. The summed E-state index contributed by atoms with van der Waals surface area (Å²) in [5.74, 6) is 0.930. The second-order valence-corrected chi connectivity index (χ2v) is 6.74. The van der Waals surface area contributed by atoms with E-state index in [2.05, 4.69) is 10.3 Å². The zero-order chi connectivity index (χ0) is 17.8. The van der Waals surface area contributed by atoms with Gasteiger partial charge in [0.25, 0.3) is 0 Å². The molecule has 1 aliphatic rings. The number of rotatable bonds is 7. The summed E-state index contributed by atoms with van der Waals surface area (Å²) in [6.07, 6.45) is 3.70. The van der Waals surface area contributed by atoms with Gasteiger partial charge in [0, 0.05) is 24.9 Å². The molecular formula is C20H24N2O3. The molecule has 2 aromatic rings. The summed E-state index contributed by atoms with van der Waals surface area (Å²) in [4.78, 5) is 16.4. The molecule has 5 heteroatoms. The molecule has 1 saturated carbocycles. The number of aliphatic hydroxyl groups is 1. The van der Waals surface area contributed by atoms with Gasteiger partial charge in [-0.2, -0.15) is 0 Å². The number of carbonyl (C=O) groups is 1. The maximum Gasteiger partial charge on any atom is 0.223 e. The second kappa shape index (κ2) is 7.66. The van der Waals surface area contributed by atoms with Crippen LogP contribution < -0.4 is 10.1 Å². The van der Waals surface area contributed by atoms with Crippen LogP contribution in [0.4, 0.5) is 0 Å². The first-order chi connectivity index (χ1) is 12.0. The summed E-state index contributed by atoms with van der Waals surface area (Å²) in [7, 11) is 0. The summed E-state index contributed by atoms with van der Waals surface area (Å²) < 4.78 is 5.64. The van der Waals surface area contributed by atoms with Crippen molar-refractivity contribution in [2.75, 3.05) is 6.54 Å². The van der Waals surface area contributed by atoms with E-state index >= 15 is 0 Å². The van der Waals surface area contributed by atoms with Gasteiger partial charge < -0.3 is 15.2 Å². The van der Waals surface area contributed by atoms with Crippen molar-refractivity contribution in [2.45, 2.75) is 38.4 Å². The quantitative estimate of drug-likeness (QED) is 0.813. The number of benzene rings is 1. The van der Waals surface area contributed by atoms with E-state index in [0.717, 1.165) is 23.3 Å². The molecule has 2 N–H and O–H groups in total. The number of aliphatic hydroxyl groups excluding tert-OH is 1. The maximum atomic E-state index is 12.3. The van der Waals surface area contributed by atoms with Crippen LogP contribution in [-0.2, 0) is 4.79 Å². The fourth-order valence-electron chi connectivity index (χ4n) is 2.96. The Labute approximate surface area is 148 Å². The first-order valence-electron chi connectivity index (χ1n) is 8.67. The highest BCUT2D eigenvalue weighted by molar-refractivity contribution is 5.82. The molecule has 1 aromatic carbocycles. The van der Waals surface area contributed by atoms with Gasteiger partial charge in [-0.15, -0.1) is 0 Å². The monoisotopic (exact) mass is 340 g/mol. The fourth-order valence-corrected chi connectivity index (χ4v) is 2.96. The Bertz CT molecular complexity index is 718. The van der Waals surface area contributed by atoms with Crippen molar-refractivity contribution >= 4 is 5.91 Å². The Hall–Kier alpha value is -2.40. The van der Waals surface area contributed by atoms with Crippen LogP contribution >= 0.6 is 0 Å². The first kappa shape index (κ1) is 17.4. The summed E-state index contributed by atoms with van der Waals surface area (Å²) in [6, 6.07) is 11.2. The molecule has 5 nitrogen and oxygen atoms in total. The highest BCUT2D eigenvalue weighted by Gasteiger charge is 2.43. The van der Waals surface area contributed by atoms with E-state index in [9.17, 15) is 9.90 Å². The molecule has 1 aliphatic carbocycles. The minimum absolute atomic E-state index is 0.0116. The molecule has 0 spiro atoms. The van der Waals surface area contributed by atoms with Gasteiger partial charge >= 0.3 is 0 Å². The van der Waals surface area contributed by atoms with Crippen molar-refractivity contribution in [2.24, 2.45) is 5.92 Å². The lowest BCUT2D eigenvalue weighted by Gasteiger charge is -2.15. The van der Waals surface area contributed by atoms with Gasteiger partial charge in [0.2, 0.25) is 5.91 Å². The van der Waals surface area contributed by atoms with E-state index in [4.69, 9.17) is 4.74 Å². The normalized spacial score (nSPS) is 20.2. The molecule has 132 valence electrons. The van der Waals surface area contributed by atoms with Gasteiger partial charge in [-0.05, 0) is 55.5 Å². The van der Waals surface area contributed by atoms with Crippen LogP contribution in [0.5, 0.6) is 5.75 Å². The van der Waals surface area contributed by atoms with E-state index in [1.807, 2.05) is 56.4 Å². The minimum atomic E-state index is -0.754. The minimum Gasteiger partial charge on any atom is -0.491 e. The van der Waals surface area contributed by atoms with E-state index in [0.29, 0.717) is 0 Å². The van der Waals surface area contributed by atoms with Gasteiger partial charge in [0.05, 0.1) is 12.2 Å². The van der Waals surface area contributed by atoms with Crippen molar-refractivity contribution in [1.29, 1.82) is 0 Å². The maximum absolute atomic E-state index is 12.3. The third-order valence-electron chi connectivity index (χ3n) is 4.32.